The average molecular weight is 483 g/mol. The zero-order valence-corrected chi connectivity index (χ0v) is 17.5. The van der Waals surface area contributed by atoms with Gasteiger partial charge in [0.1, 0.15) is 0 Å². The van der Waals surface area contributed by atoms with Gasteiger partial charge in [-0.1, -0.05) is 17.8 Å². The van der Waals surface area contributed by atoms with Crippen LogP contribution in [0.2, 0.25) is 0 Å². The molecule has 2 fully saturated rings. The molecule has 138 valence electrons. The Bertz CT molecular complexity index is 786. The van der Waals surface area contributed by atoms with Crippen molar-refractivity contribution >= 4 is 51.9 Å². The number of hydrogen-bond acceptors (Lipinski definition) is 5. The molecule has 8 heteroatoms. The van der Waals surface area contributed by atoms with Gasteiger partial charge in [0.15, 0.2) is 5.16 Å². The van der Waals surface area contributed by atoms with Crippen molar-refractivity contribution in [2.24, 2.45) is 0 Å². The summed E-state index contributed by atoms with van der Waals surface area (Å²) in [5.74, 6) is 1.32. The largest absolute Gasteiger partial charge is 0.341 e. The Hall–Kier alpha value is -1.29. The third-order valence-corrected chi connectivity index (χ3v) is 6.25. The molecule has 1 saturated carbocycles. The molecule has 1 aromatic heterocycles. The normalized spacial score (nSPS) is 17.3. The van der Waals surface area contributed by atoms with E-state index in [1.54, 1.807) is 0 Å². The lowest BCUT2D eigenvalue weighted by atomic mass is 10.1. The van der Waals surface area contributed by atoms with E-state index in [-0.39, 0.29) is 5.91 Å². The molecule has 0 unspecified atom stereocenters. The van der Waals surface area contributed by atoms with Gasteiger partial charge in [-0.25, -0.2) is 0 Å². The summed E-state index contributed by atoms with van der Waals surface area (Å²) in [5.41, 5.74) is 0.833. The van der Waals surface area contributed by atoms with E-state index in [0.29, 0.717) is 11.8 Å². The maximum atomic E-state index is 12.3. The summed E-state index contributed by atoms with van der Waals surface area (Å²) in [6, 6.07) is 8.32. The van der Waals surface area contributed by atoms with Crippen LogP contribution < -0.4 is 10.2 Å². The maximum absolute atomic E-state index is 12.3. The standard InChI is InChI=1S/C18H22IN5OS/c19-13-5-4-6-14(11-13)20-16(25)12-26-18-22-21-17(24(18)15-7-8-15)23-9-2-1-3-10-23/h4-6,11,15H,1-3,7-10,12H2,(H,20,25). The minimum absolute atomic E-state index is 0.0122. The second kappa shape index (κ2) is 8.16. The Balaban J connectivity index is 1.41. The number of benzene rings is 1. The minimum atomic E-state index is -0.0122. The number of thioether (sulfide) groups is 1. The second-order valence-corrected chi connectivity index (χ2v) is 8.97. The molecule has 0 spiro atoms. The number of carbonyl (C=O) groups excluding carboxylic acids is 1. The number of amides is 1. The van der Waals surface area contributed by atoms with Gasteiger partial charge in [-0.05, 0) is 72.9 Å². The lowest BCUT2D eigenvalue weighted by molar-refractivity contribution is -0.113. The lowest BCUT2D eigenvalue weighted by Gasteiger charge is -2.27. The van der Waals surface area contributed by atoms with Gasteiger partial charge in [-0.15, -0.1) is 10.2 Å². The van der Waals surface area contributed by atoms with Crippen LogP contribution in [0, 0.1) is 3.57 Å². The molecule has 1 aliphatic carbocycles. The van der Waals surface area contributed by atoms with Crippen LogP contribution in [-0.2, 0) is 4.79 Å². The Kier molecular flexibility index (Phi) is 5.68. The molecule has 1 saturated heterocycles. The van der Waals surface area contributed by atoms with Gasteiger partial charge < -0.3 is 10.2 Å². The highest BCUT2D eigenvalue weighted by atomic mass is 127. The van der Waals surface area contributed by atoms with Crippen molar-refractivity contribution in [1.29, 1.82) is 0 Å². The zero-order valence-electron chi connectivity index (χ0n) is 14.5. The summed E-state index contributed by atoms with van der Waals surface area (Å²) < 4.78 is 3.36. The molecule has 1 aliphatic heterocycles. The molecule has 0 atom stereocenters. The molecule has 4 rings (SSSR count). The van der Waals surface area contributed by atoms with Gasteiger partial charge in [0.2, 0.25) is 11.9 Å². The van der Waals surface area contributed by atoms with E-state index in [4.69, 9.17) is 0 Å². The van der Waals surface area contributed by atoms with E-state index in [9.17, 15) is 4.79 Å². The van der Waals surface area contributed by atoms with E-state index < -0.39 is 0 Å². The smallest absolute Gasteiger partial charge is 0.234 e. The number of nitrogens with zero attached hydrogens (tertiary/aromatic N) is 4. The molecule has 1 N–H and O–H groups in total. The number of carbonyl (C=O) groups is 1. The fourth-order valence-electron chi connectivity index (χ4n) is 3.22. The van der Waals surface area contributed by atoms with Crippen molar-refractivity contribution in [2.75, 3.05) is 29.1 Å². The first-order valence-corrected chi connectivity index (χ1v) is 11.2. The lowest BCUT2D eigenvalue weighted by Crippen LogP contribution is -2.32. The fraction of sp³-hybridized carbons (Fsp3) is 0.500. The first-order chi connectivity index (χ1) is 12.7. The first-order valence-electron chi connectivity index (χ1n) is 9.09. The van der Waals surface area contributed by atoms with Crippen LogP contribution >= 0.6 is 34.4 Å². The second-order valence-electron chi connectivity index (χ2n) is 6.78. The third kappa shape index (κ3) is 4.33. The molecule has 2 aliphatic rings. The maximum Gasteiger partial charge on any atom is 0.234 e. The number of anilines is 2. The SMILES string of the molecule is O=C(CSc1nnc(N2CCCCC2)n1C1CC1)Nc1cccc(I)c1. The molecular formula is C18H22IN5OS. The highest BCUT2D eigenvalue weighted by Crippen LogP contribution is 2.41. The number of hydrogen-bond donors (Lipinski definition) is 1. The van der Waals surface area contributed by atoms with Crippen molar-refractivity contribution in [3.63, 3.8) is 0 Å². The van der Waals surface area contributed by atoms with Crippen LogP contribution in [0.25, 0.3) is 0 Å². The molecule has 1 amide bonds. The number of piperidine rings is 1. The van der Waals surface area contributed by atoms with Crippen molar-refractivity contribution in [2.45, 2.75) is 43.3 Å². The molecule has 2 heterocycles. The summed E-state index contributed by atoms with van der Waals surface area (Å²) in [6.45, 7) is 2.12. The molecule has 2 aromatic rings. The summed E-state index contributed by atoms with van der Waals surface area (Å²) in [6.07, 6.45) is 6.10. The Morgan fingerprint density at radius 1 is 1.23 bits per heavy atom. The topological polar surface area (TPSA) is 63.1 Å². The Morgan fingerprint density at radius 3 is 2.77 bits per heavy atom. The molecule has 6 nitrogen and oxygen atoms in total. The van der Waals surface area contributed by atoms with Crippen molar-refractivity contribution < 1.29 is 4.79 Å². The number of rotatable bonds is 6. The number of aromatic nitrogens is 3. The van der Waals surface area contributed by atoms with Gasteiger partial charge in [0.25, 0.3) is 0 Å². The van der Waals surface area contributed by atoms with Crippen molar-refractivity contribution in [3.8, 4) is 0 Å². The summed E-state index contributed by atoms with van der Waals surface area (Å²) >= 11 is 3.72. The molecule has 0 bridgehead atoms. The van der Waals surface area contributed by atoms with E-state index in [2.05, 4.69) is 47.6 Å². The van der Waals surface area contributed by atoms with Crippen LogP contribution in [0.15, 0.2) is 29.4 Å². The highest BCUT2D eigenvalue weighted by Gasteiger charge is 2.32. The molecule has 26 heavy (non-hydrogen) atoms. The third-order valence-electron chi connectivity index (χ3n) is 4.64. The van der Waals surface area contributed by atoms with Gasteiger partial charge in [-0.3, -0.25) is 9.36 Å². The van der Waals surface area contributed by atoms with Gasteiger partial charge >= 0.3 is 0 Å². The molecule has 1 aromatic carbocycles. The Labute approximate surface area is 171 Å². The van der Waals surface area contributed by atoms with Gasteiger partial charge in [0.05, 0.1) is 5.75 Å². The molecule has 0 radical (unpaired) electrons. The number of nitrogens with one attached hydrogen (secondary N) is 1. The fourth-order valence-corrected chi connectivity index (χ4v) is 4.57. The molecular weight excluding hydrogens is 461 g/mol. The van der Waals surface area contributed by atoms with E-state index in [1.165, 1.54) is 43.9 Å². The van der Waals surface area contributed by atoms with Crippen LogP contribution in [0.3, 0.4) is 0 Å². The summed E-state index contributed by atoms with van der Waals surface area (Å²) in [4.78, 5) is 14.7. The summed E-state index contributed by atoms with van der Waals surface area (Å²) in [5, 5.41) is 12.7. The monoisotopic (exact) mass is 483 g/mol. The van der Waals surface area contributed by atoms with Crippen molar-refractivity contribution in [3.05, 3.63) is 27.8 Å². The highest BCUT2D eigenvalue weighted by molar-refractivity contribution is 14.1. The average Bonchev–Trinajstić information content (AvgIpc) is 3.40. The van der Waals surface area contributed by atoms with E-state index >= 15 is 0 Å². The van der Waals surface area contributed by atoms with Crippen LogP contribution in [0.4, 0.5) is 11.6 Å². The zero-order chi connectivity index (χ0) is 17.9. The van der Waals surface area contributed by atoms with Crippen molar-refractivity contribution in [1.82, 2.24) is 14.8 Å². The van der Waals surface area contributed by atoms with E-state index in [0.717, 1.165) is 33.5 Å². The predicted molar refractivity (Wildman–Crippen MR) is 113 cm³/mol. The van der Waals surface area contributed by atoms with Crippen LogP contribution in [0.5, 0.6) is 0 Å². The van der Waals surface area contributed by atoms with Gasteiger partial charge in [0, 0.05) is 28.4 Å². The minimum Gasteiger partial charge on any atom is -0.341 e. The van der Waals surface area contributed by atoms with Crippen LogP contribution in [-0.4, -0.2) is 39.5 Å². The summed E-state index contributed by atoms with van der Waals surface area (Å²) in [7, 11) is 0. The Morgan fingerprint density at radius 2 is 2.04 bits per heavy atom. The quantitative estimate of drug-likeness (QED) is 0.498. The first kappa shape index (κ1) is 18.1. The van der Waals surface area contributed by atoms with E-state index in [1.807, 2.05) is 24.3 Å². The number of halogens is 1. The van der Waals surface area contributed by atoms with Gasteiger partial charge in [-0.2, -0.15) is 0 Å². The predicted octanol–water partition coefficient (Wildman–Crippen LogP) is 3.94. The van der Waals surface area contributed by atoms with Crippen LogP contribution in [0.1, 0.15) is 38.1 Å².